The second-order valence-corrected chi connectivity index (χ2v) is 5.94. The lowest BCUT2D eigenvalue weighted by Gasteiger charge is -2.34. The van der Waals surface area contributed by atoms with Crippen molar-refractivity contribution in [3.05, 3.63) is 53.9 Å². The van der Waals surface area contributed by atoms with Gasteiger partial charge in [0.25, 0.3) is 5.91 Å². The van der Waals surface area contributed by atoms with Gasteiger partial charge in [0.1, 0.15) is 11.6 Å². The maximum atomic E-state index is 13.7. The van der Waals surface area contributed by atoms with Crippen LogP contribution in [-0.4, -0.2) is 37.1 Å². The molecule has 1 aromatic carbocycles. The smallest absolute Gasteiger partial charge is 0.273 e. The zero-order chi connectivity index (χ0) is 17.8. The third kappa shape index (κ3) is 4.04. The maximum absolute atomic E-state index is 13.7. The van der Waals surface area contributed by atoms with Gasteiger partial charge in [0.2, 0.25) is 0 Å². The standard InChI is InChI=1S/C18H19F2N3O2/c1-25-15-6-2-5-14(9-15)23-7-3-4-13(11-23)22-18(24)17-16(20)8-12(19)10-21-17/h2,5-6,8-10,13H,3-4,7,11H2,1H3,(H,22,24). The molecule has 2 aromatic rings. The van der Waals surface area contributed by atoms with Crippen molar-refractivity contribution in [2.75, 3.05) is 25.1 Å². The van der Waals surface area contributed by atoms with E-state index in [0.717, 1.165) is 37.0 Å². The normalized spacial score (nSPS) is 17.2. The molecule has 1 N–H and O–H groups in total. The summed E-state index contributed by atoms with van der Waals surface area (Å²) in [6.45, 7) is 1.46. The van der Waals surface area contributed by atoms with Gasteiger partial charge in [0, 0.05) is 37.0 Å². The van der Waals surface area contributed by atoms with E-state index >= 15 is 0 Å². The van der Waals surface area contributed by atoms with Crippen LogP contribution in [0.15, 0.2) is 36.5 Å². The lowest BCUT2D eigenvalue weighted by atomic mass is 10.0. The number of hydrogen-bond donors (Lipinski definition) is 1. The van der Waals surface area contributed by atoms with Crippen molar-refractivity contribution in [1.82, 2.24) is 10.3 Å². The van der Waals surface area contributed by atoms with Crippen LogP contribution in [0, 0.1) is 11.6 Å². The van der Waals surface area contributed by atoms with E-state index in [1.807, 2.05) is 24.3 Å². The maximum Gasteiger partial charge on any atom is 0.273 e. The summed E-state index contributed by atoms with van der Waals surface area (Å²) in [5, 5.41) is 2.79. The first-order valence-electron chi connectivity index (χ1n) is 8.07. The first-order chi connectivity index (χ1) is 12.1. The molecule has 7 heteroatoms. The molecular weight excluding hydrogens is 328 g/mol. The fraction of sp³-hybridized carbons (Fsp3) is 0.333. The number of amides is 1. The number of aromatic nitrogens is 1. The number of piperidine rings is 1. The molecule has 5 nitrogen and oxygen atoms in total. The Bertz CT molecular complexity index is 770. The fourth-order valence-electron chi connectivity index (χ4n) is 2.97. The van der Waals surface area contributed by atoms with Crippen molar-refractivity contribution in [2.24, 2.45) is 0 Å². The van der Waals surface area contributed by atoms with Gasteiger partial charge in [0.15, 0.2) is 11.5 Å². The summed E-state index contributed by atoms with van der Waals surface area (Å²) in [5.41, 5.74) is 0.615. The minimum atomic E-state index is -0.960. The number of halogens is 2. The molecule has 2 heterocycles. The van der Waals surface area contributed by atoms with Crippen molar-refractivity contribution >= 4 is 11.6 Å². The highest BCUT2D eigenvalue weighted by atomic mass is 19.1. The van der Waals surface area contributed by atoms with Crippen LogP contribution in [0.25, 0.3) is 0 Å². The number of pyridine rings is 1. The molecule has 0 aliphatic carbocycles. The lowest BCUT2D eigenvalue weighted by Crippen LogP contribution is -2.48. The average Bonchev–Trinajstić information content (AvgIpc) is 2.62. The summed E-state index contributed by atoms with van der Waals surface area (Å²) in [7, 11) is 1.61. The molecule has 1 unspecified atom stereocenters. The summed E-state index contributed by atoms with van der Waals surface area (Å²) in [6, 6.07) is 8.22. The van der Waals surface area contributed by atoms with E-state index in [2.05, 4.69) is 15.2 Å². The number of carbonyl (C=O) groups is 1. The quantitative estimate of drug-likeness (QED) is 0.924. The molecule has 1 atom stereocenters. The Balaban J connectivity index is 1.68. The summed E-state index contributed by atoms with van der Waals surface area (Å²) in [6.07, 6.45) is 2.51. The number of nitrogens with one attached hydrogen (secondary N) is 1. The van der Waals surface area contributed by atoms with Gasteiger partial charge in [-0.2, -0.15) is 0 Å². The molecule has 1 amide bonds. The van der Waals surface area contributed by atoms with Crippen LogP contribution in [0.1, 0.15) is 23.3 Å². The number of anilines is 1. The third-order valence-electron chi connectivity index (χ3n) is 4.20. The third-order valence-corrected chi connectivity index (χ3v) is 4.20. The van der Waals surface area contributed by atoms with E-state index < -0.39 is 17.5 Å². The van der Waals surface area contributed by atoms with Crippen molar-refractivity contribution in [3.8, 4) is 5.75 Å². The second kappa shape index (κ2) is 7.46. The SMILES string of the molecule is COc1cccc(N2CCCC(NC(=O)c3ncc(F)cc3F)C2)c1. The molecule has 1 fully saturated rings. The van der Waals surface area contributed by atoms with E-state index in [-0.39, 0.29) is 11.7 Å². The van der Waals surface area contributed by atoms with E-state index in [0.29, 0.717) is 12.6 Å². The Morgan fingerprint density at radius 1 is 1.36 bits per heavy atom. The van der Waals surface area contributed by atoms with Gasteiger partial charge in [-0.3, -0.25) is 4.79 Å². The van der Waals surface area contributed by atoms with Gasteiger partial charge >= 0.3 is 0 Å². The summed E-state index contributed by atoms with van der Waals surface area (Å²) < 4.78 is 31.9. The van der Waals surface area contributed by atoms with E-state index in [9.17, 15) is 13.6 Å². The first kappa shape index (κ1) is 17.1. The molecule has 3 rings (SSSR count). The van der Waals surface area contributed by atoms with Crippen molar-refractivity contribution < 1.29 is 18.3 Å². The Morgan fingerprint density at radius 3 is 2.96 bits per heavy atom. The molecule has 0 bridgehead atoms. The van der Waals surface area contributed by atoms with Gasteiger partial charge in [-0.1, -0.05) is 6.07 Å². The molecule has 1 aliphatic rings. The van der Waals surface area contributed by atoms with Gasteiger partial charge < -0.3 is 15.0 Å². The second-order valence-electron chi connectivity index (χ2n) is 5.94. The lowest BCUT2D eigenvalue weighted by molar-refractivity contribution is 0.0923. The molecule has 0 radical (unpaired) electrons. The minimum absolute atomic E-state index is 0.140. The van der Waals surface area contributed by atoms with Crippen LogP contribution in [0.3, 0.4) is 0 Å². The zero-order valence-electron chi connectivity index (χ0n) is 13.8. The number of hydrogen-bond acceptors (Lipinski definition) is 4. The number of benzene rings is 1. The largest absolute Gasteiger partial charge is 0.497 e. The van der Waals surface area contributed by atoms with Gasteiger partial charge in [0.05, 0.1) is 13.3 Å². The van der Waals surface area contributed by atoms with Crippen molar-refractivity contribution in [1.29, 1.82) is 0 Å². The topological polar surface area (TPSA) is 54.5 Å². The highest BCUT2D eigenvalue weighted by Gasteiger charge is 2.24. The van der Waals surface area contributed by atoms with Gasteiger partial charge in [-0.25, -0.2) is 13.8 Å². The van der Waals surface area contributed by atoms with Crippen LogP contribution in [0.4, 0.5) is 14.5 Å². The zero-order valence-corrected chi connectivity index (χ0v) is 13.8. The molecule has 132 valence electrons. The molecule has 1 saturated heterocycles. The molecule has 25 heavy (non-hydrogen) atoms. The Labute approximate surface area is 144 Å². The van der Waals surface area contributed by atoms with Crippen LogP contribution in [0.5, 0.6) is 5.75 Å². The monoisotopic (exact) mass is 347 g/mol. The fourth-order valence-corrected chi connectivity index (χ4v) is 2.97. The van der Waals surface area contributed by atoms with E-state index in [4.69, 9.17) is 4.74 Å². The van der Waals surface area contributed by atoms with Crippen LogP contribution in [-0.2, 0) is 0 Å². The Morgan fingerprint density at radius 2 is 2.20 bits per heavy atom. The highest BCUT2D eigenvalue weighted by molar-refractivity contribution is 5.92. The van der Waals surface area contributed by atoms with E-state index in [1.165, 1.54) is 0 Å². The number of carbonyl (C=O) groups excluding carboxylic acids is 1. The van der Waals surface area contributed by atoms with Crippen molar-refractivity contribution in [3.63, 3.8) is 0 Å². The predicted octanol–water partition coefficient (Wildman–Crippen LogP) is 2.77. The van der Waals surface area contributed by atoms with Crippen molar-refractivity contribution in [2.45, 2.75) is 18.9 Å². The molecular formula is C18H19F2N3O2. The number of nitrogens with zero attached hydrogens (tertiary/aromatic N) is 2. The molecule has 0 saturated carbocycles. The van der Waals surface area contributed by atoms with Gasteiger partial charge in [-0.15, -0.1) is 0 Å². The highest BCUT2D eigenvalue weighted by Crippen LogP contribution is 2.24. The Kier molecular flexibility index (Phi) is 5.11. The summed E-state index contributed by atoms with van der Waals surface area (Å²) >= 11 is 0. The van der Waals surface area contributed by atoms with Gasteiger partial charge in [-0.05, 0) is 25.0 Å². The Hall–Kier alpha value is -2.70. The molecule has 1 aromatic heterocycles. The van der Waals surface area contributed by atoms with E-state index in [1.54, 1.807) is 7.11 Å². The van der Waals surface area contributed by atoms with Crippen LogP contribution in [0.2, 0.25) is 0 Å². The predicted molar refractivity (Wildman–Crippen MR) is 89.8 cm³/mol. The average molecular weight is 347 g/mol. The minimum Gasteiger partial charge on any atom is -0.497 e. The number of methoxy groups -OCH3 is 1. The number of rotatable bonds is 4. The molecule has 0 spiro atoms. The summed E-state index contributed by atoms with van der Waals surface area (Å²) in [4.78, 5) is 17.9. The molecule has 1 aliphatic heterocycles. The number of ether oxygens (including phenoxy) is 1. The van der Waals surface area contributed by atoms with Crippen LogP contribution < -0.4 is 15.0 Å². The van der Waals surface area contributed by atoms with Crippen LogP contribution >= 0.6 is 0 Å². The summed E-state index contributed by atoms with van der Waals surface area (Å²) in [5.74, 6) is -1.63. The first-order valence-corrected chi connectivity index (χ1v) is 8.07.